The van der Waals surface area contributed by atoms with E-state index in [0.717, 1.165) is 6.92 Å². The van der Waals surface area contributed by atoms with E-state index in [1.807, 2.05) is 0 Å². The van der Waals surface area contributed by atoms with Crippen LogP contribution in [0.5, 0.6) is 0 Å². The Labute approximate surface area is 92.2 Å². The summed E-state index contributed by atoms with van der Waals surface area (Å²) in [6, 6.07) is 0. The molecule has 0 saturated heterocycles. The van der Waals surface area contributed by atoms with Gasteiger partial charge in [-0.1, -0.05) is 12.7 Å². The second-order valence-electron chi connectivity index (χ2n) is 3.48. The van der Waals surface area contributed by atoms with Gasteiger partial charge in [0, 0.05) is 13.6 Å². The van der Waals surface area contributed by atoms with Crippen LogP contribution in [0.15, 0.2) is 34.5 Å². The van der Waals surface area contributed by atoms with E-state index in [1.165, 1.54) is 12.2 Å². The Hall–Kier alpha value is -1.56. The lowest BCUT2D eigenvalue weighted by molar-refractivity contribution is -0.0528. The summed E-state index contributed by atoms with van der Waals surface area (Å²) in [7, 11) is 0. The zero-order chi connectivity index (χ0) is 12.3. The minimum Gasteiger partial charge on any atom is -0.266 e. The topological polar surface area (TPSA) is 48.2 Å². The number of allylic oxidation sites excluding steroid dienone is 2. The van der Waals surface area contributed by atoms with Gasteiger partial charge in [0.25, 0.3) is 5.92 Å². The fraction of sp³-hybridized carbons (Fsp3) is 0.400. The lowest BCUT2D eigenvalue weighted by Crippen LogP contribution is -2.40. The van der Waals surface area contributed by atoms with Crippen LogP contribution >= 0.6 is 0 Å². The van der Waals surface area contributed by atoms with E-state index in [0.29, 0.717) is 5.70 Å². The maximum atomic E-state index is 13.2. The van der Waals surface area contributed by atoms with Crippen molar-refractivity contribution in [1.82, 2.24) is 5.17 Å². The average molecular weight is 229 g/mol. The molecule has 0 aromatic rings. The number of hydrogen-bond donors (Lipinski definition) is 1. The normalized spacial score (nSPS) is 20.9. The van der Waals surface area contributed by atoms with Gasteiger partial charge in [-0.3, -0.25) is 5.21 Å². The SMILES string of the molecule is C=CC1=CCC(C(C)(F)F)C(N(O)N=C)=N1. The molecule has 16 heavy (non-hydrogen) atoms. The first-order chi connectivity index (χ1) is 7.40. The van der Waals surface area contributed by atoms with Gasteiger partial charge < -0.3 is 0 Å². The first-order valence-electron chi connectivity index (χ1n) is 4.64. The first kappa shape index (κ1) is 12.5. The molecule has 1 unspecified atom stereocenters. The molecular formula is C10H13F2N3O. The van der Waals surface area contributed by atoms with Crippen LogP contribution in [0.1, 0.15) is 13.3 Å². The van der Waals surface area contributed by atoms with Crippen LogP contribution in [0.2, 0.25) is 0 Å². The maximum absolute atomic E-state index is 13.2. The molecule has 0 aromatic carbocycles. The molecule has 0 bridgehead atoms. The van der Waals surface area contributed by atoms with Crippen molar-refractivity contribution in [3.05, 3.63) is 24.4 Å². The molecule has 1 heterocycles. The molecule has 0 amide bonds. The Bertz CT molecular complexity index is 358. The summed E-state index contributed by atoms with van der Waals surface area (Å²) < 4.78 is 26.5. The van der Waals surface area contributed by atoms with Crippen molar-refractivity contribution < 1.29 is 14.0 Å². The van der Waals surface area contributed by atoms with Gasteiger partial charge in [0.05, 0.1) is 11.6 Å². The second kappa shape index (κ2) is 4.52. The van der Waals surface area contributed by atoms with Crippen molar-refractivity contribution in [3.8, 4) is 0 Å². The maximum Gasteiger partial charge on any atom is 0.255 e. The molecule has 88 valence electrons. The van der Waals surface area contributed by atoms with Crippen molar-refractivity contribution >= 4 is 12.6 Å². The predicted octanol–water partition coefficient (Wildman–Crippen LogP) is 2.44. The second-order valence-corrected chi connectivity index (χ2v) is 3.48. The number of rotatable bonds is 3. The standard InChI is InChI=1S/C10H13F2N3O/c1-4-7-5-6-8(10(2,11)12)9(14-7)15(16)13-3/h4-5,8,16H,1,3,6H2,2H3. The van der Waals surface area contributed by atoms with Crippen molar-refractivity contribution in [3.63, 3.8) is 0 Å². The molecule has 0 aromatic heterocycles. The summed E-state index contributed by atoms with van der Waals surface area (Å²) in [5.74, 6) is -4.43. The molecule has 1 aliphatic rings. The number of aliphatic imine (C=N–C) groups is 1. The third-order valence-electron chi connectivity index (χ3n) is 2.28. The highest BCUT2D eigenvalue weighted by atomic mass is 19.3. The number of hydrazone groups is 1. The minimum absolute atomic E-state index is 0.0657. The Morgan fingerprint density at radius 1 is 1.75 bits per heavy atom. The van der Waals surface area contributed by atoms with Gasteiger partial charge >= 0.3 is 0 Å². The van der Waals surface area contributed by atoms with E-state index >= 15 is 0 Å². The Morgan fingerprint density at radius 3 is 2.81 bits per heavy atom. The Kier molecular flexibility index (Phi) is 3.54. The van der Waals surface area contributed by atoms with Gasteiger partial charge in [-0.15, -0.1) is 5.17 Å². The van der Waals surface area contributed by atoms with E-state index in [2.05, 4.69) is 23.4 Å². The van der Waals surface area contributed by atoms with Gasteiger partial charge in [0.15, 0.2) is 5.84 Å². The third kappa shape index (κ3) is 2.52. The number of alkyl halides is 2. The molecule has 0 fully saturated rings. The highest BCUT2D eigenvalue weighted by Gasteiger charge is 2.41. The molecule has 0 aliphatic carbocycles. The summed E-state index contributed by atoms with van der Waals surface area (Å²) in [5.41, 5.74) is 0.429. The zero-order valence-corrected chi connectivity index (χ0v) is 8.90. The zero-order valence-electron chi connectivity index (χ0n) is 8.90. The Balaban J connectivity index is 3.08. The number of hydroxylamine groups is 1. The molecule has 6 heteroatoms. The monoisotopic (exact) mass is 229 g/mol. The predicted molar refractivity (Wildman–Crippen MR) is 57.6 cm³/mol. The van der Waals surface area contributed by atoms with Crippen LogP contribution in [0.25, 0.3) is 0 Å². The van der Waals surface area contributed by atoms with Crippen LogP contribution in [-0.4, -0.2) is 28.9 Å². The lowest BCUT2D eigenvalue weighted by Gasteiger charge is -2.28. The number of hydrogen-bond acceptors (Lipinski definition) is 4. The summed E-state index contributed by atoms with van der Waals surface area (Å²) in [6.45, 7) is 7.31. The molecule has 0 spiro atoms. The van der Waals surface area contributed by atoms with Crippen molar-refractivity contribution in [2.45, 2.75) is 19.3 Å². The van der Waals surface area contributed by atoms with E-state index in [9.17, 15) is 14.0 Å². The van der Waals surface area contributed by atoms with Crippen LogP contribution in [-0.2, 0) is 0 Å². The average Bonchev–Trinajstić information content (AvgIpc) is 2.25. The first-order valence-corrected chi connectivity index (χ1v) is 4.64. The van der Waals surface area contributed by atoms with Crippen LogP contribution in [0, 0.1) is 5.92 Å². The number of halogens is 2. The van der Waals surface area contributed by atoms with Gasteiger partial charge in [-0.05, 0) is 12.5 Å². The fourth-order valence-corrected chi connectivity index (χ4v) is 1.42. The van der Waals surface area contributed by atoms with Crippen molar-refractivity contribution in [2.75, 3.05) is 0 Å². The summed E-state index contributed by atoms with van der Waals surface area (Å²) in [4.78, 5) is 3.84. The van der Waals surface area contributed by atoms with Gasteiger partial charge in [0.1, 0.15) is 0 Å². The third-order valence-corrected chi connectivity index (χ3v) is 2.28. The van der Waals surface area contributed by atoms with Gasteiger partial charge in [-0.2, -0.15) is 5.10 Å². The lowest BCUT2D eigenvalue weighted by atomic mass is 9.94. The molecule has 4 nitrogen and oxygen atoms in total. The Morgan fingerprint density at radius 2 is 2.38 bits per heavy atom. The summed E-state index contributed by atoms with van der Waals surface area (Å²) in [5, 5.41) is 12.7. The molecule has 1 rings (SSSR count). The van der Waals surface area contributed by atoms with Gasteiger partial charge in [-0.25, -0.2) is 13.8 Å². The van der Waals surface area contributed by atoms with E-state index in [4.69, 9.17) is 0 Å². The van der Waals surface area contributed by atoms with Crippen LogP contribution < -0.4 is 0 Å². The van der Waals surface area contributed by atoms with Crippen LogP contribution in [0.3, 0.4) is 0 Å². The highest BCUT2D eigenvalue weighted by Crippen LogP contribution is 2.32. The molecule has 1 aliphatic heterocycles. The van der Waals surface area contributed by atoms with Crippen molar-refractivity contribution in [1.29, 1.82) is 0 Å². The quantitative estimate of drug-likeness (QED) is 0.596. The minimum atomic E-state index is -2.99. The van der Waals surface area contributed by atoms with E-state index in [-0.39, 0.29) is 17.4 Å². The summed E-state index contributed by atoms with van der Waals surface area (Å²) in [6.07, 6.45) is 3.02. The number of nitrogens with zero attached hydrogens (tertiary/aromatic N) is 3. The molecule has 0 radical (unpaired) electrons. The van der Waals surface area contributed by atoms with E-state index < -0.39 is 11.8 Å². The smallest absolute Gasteiger partial charge is 0.255 e. The molecule has 0 saturated carbocycles. The van der Waals surface area contributed by atoms with Gasteiger partial charge in [0.2, 0.25) is 0 Å². The summed E-state index contributed by atoms with van der Waals surface area (Å²) >= 11 is 0. The molecule has 1 atom stereocenters. The highest BCUT2D eigenvalue weighted by molar-refractivity contribution is 5.86. The largest absolute Gasteiger partial charge is 0.266 e. The molecular weight excluding hydrogens is 216 g/mol. The van der Waals surface area contributed by atoms with Crippen molar-refractivity contribution in [2.24, 2.45) is 16.0 Å². The number of amidine groups is 1. The van der Waals surface area contributed by atoms with Crippen LogP contribution in [0.4, 0.5) is 8.78 Å². The molecule has 1 N–H and O–H groups in total. The fourth-order valence-electron chi connectivity index (χ4n) is 1.42. The van der Waals surface area contributed by atoms with E-state index in [1.54, 1.807) is 0 Å².